The third kappa shape index (κ3) is 4.68. The van der Waals surface area contributed by atoms with Crippen molar-refractivity contribution in [2.45, 2.75) is 26.8 Å². The molecule has 152 valence electrons. The molecule has 0 saturated carbocycles. The van der Waals surface area contributed by atoms with Crippen molar-refractivity contribution in [2.24, 2.45) is 0 Å². The van der Waals surface area contributed by atoms with Crippen LogP contribution in [0.3, 0.4) is 0 Å². The third-order valence-electron chi connectivity index (χ3n) is 5.00. The number of carbonyl (C=O) groups is 1. The third-order valence-corrected chi connectivity index (χ3v) is 5.00. The smallest absolute Gasteiger partial charge is 0.258 e. The van der Waals surface area contributed by atoms with Crippen LogP contribution < -0.4 is 10.5 Å². The summed E-state index contributed by atoms with van der Waals surface area (Å²) in [5, 5.41) is 0.212. The fourth-order valence-electron chi connectivity index (χ4n) is 3.29. The fourth-order valence-corrected chi connectivity index (χ4v) is 3.29. The van der Waals surface area contributed by atoms with Crippen LogP contribution >= 0.6 is 0 Å². The van der Waals surface area contributed by atoms with Crippen LogP contribution in [0.15, 0.2) is 47.3 Å². The van der Waals surface area contributed by atoms with Crippen LogP contribution in [0.2, 0.25) is 0 Å². The highest BCUT2D eigenvalue weighted by Gasteiger charge is 2.18. The minimum atomic E-state index is -0.478. The SMILES string of the molecule is CCc1ccccc1N(C)C(=O)CN(CC)Cc1nc2ccc(F)cc2c(=O)[nH]1. The molecule has 6 nitrogen and oxygen atoms in total. The summed E-state index contributed by atoms with van der Waals surface area (Å²) >= 11 is 0. The maximum atomic E-state index is 13.4. The van der Waals surface area contributed by atoms with Gasteiger partial charge >= 0.3 is 0 Å². The highest BCUT2D eigenvalue weighted by atomic mass is 19.1. The number of benzene rings is 2. The van der Waals surface area contributed by atoms with E-state index in [0.717, 1.165) is 17.7 Å². The van der Waals surface area contributed by atoms with Crippen LogP contribution in [0.5, 0.6) is 0 Å². The number of hydrogen-bond acceptors (Lipinski definition) is 4. The molecule has 3 rings (SSSR count). The highest BCUT2D eigenvalue weighted by Crippen LogP contribution is 2.20. The number of carbonyl (C=O) groups excluding carboxylic acids is 1. The van der Waals surface area contributed by atoms with Crippen molar-refractivity contribution in [1.82, 2.24) is 14.9 Å². The molecular formula is C22H25FN4O2. The second kappa shape index (κ2) is 8.96. The van der Waals surface area contributed by atoms with Crippen LogP contribution in [0.4, 0.5) is 10.1 Å². The fraction of sp³-hybridized carbons (Fsp3) is 0.318. The number of aryl methyl sites for hydroxylation is 1. The van der Waals surface area contributed by atoms with Crippen molar-refractivity contribution in [1.29, 1.82) is 0 Å². The molecule has 0 bridgehead atoms. The number of H-pyrrole nitrogens is 1. The molecule has 1 amide bonds. The van der Waals surface area contributed by atoms with Crippen molar-refractivity contribution < 1.29 is 9.18 Å². The number of amides is 1. The number of aromatic nitrogens is 2. The van der Waals surface area contributed by atoms with E-state index in [4.69, 9.17) is 0 Å². The van der Waals surface area contributed by atoms with Gasteiger partial charge in [-0.3, -0.25) is 14.5 Å². The Morgan fingerprint density at radius 1 is 1.17 bits per heavy atom. The van der Waals surface area contributed by atoms with Gasteiger partial charge in [0.1, 0.15) is 11.6 Å². The molecule has 7 heteroatoms. The Bertz CT molecular complexity index is 1080. The van der Waals surface area contributed by atoms with E-state index in [1.54, 1.807) is 11.9 Å². The lowest BCUT2D eigenvalue weighted by Crippen LogP contribution is -2.39. The van der Waals surface area contributed by atoms with Gasteiger partial charge < -0.3 is 9.88 Å². The first-order valence-corrected chi connectivity index (χ1v) is 9.68. The number of nitrogens with one attached hydrogen (secondary N) is 1. The van der Waals surface area contributed by atoms with Crippen LogP contribution in [0, 0.1) is 5.82 Å². The van der Waals surface area contributed by atoms with Gasteiger partial charge in [0.25, 0.3) is 5.56 Å². The Balaban J connectivity index is 1.76. The van der Waals surface area contributed by atoms with E-state index in [1.807, 2.05) is 36.1 Å². The van der Waals surface area contributed by atoms with E-state index in [-0.39, 0.29) is 23.4 Å². The highest BCUT2D eigenvalue weighted by molar-refractivity contribution is 5.95. The monoisotopic (exact) mass is 396 g/mol. The number of hydrogen-bond donors (Lipinski definition) is 1. The summed E-state index contributed by atoms with van der Waals surface area (Å²) in [7, 11) is 1.77. The lowest BCUT2D eigenvalue weighted by Gasteiger charge is -2.25. The normalized spacial score (nSPS) is 11.2. The molecule has 3 aromatic rings. The minimum Gasteiger partial charge on any atom is -0.314 e. The van der Waals surface area contributed by atoms with Crippen molar-refractivity contribution in [3.8, 4) is 0 Å². The average molecular weight is 396 g/mol. The topological polar surface area (TPSA) is 69.3 Å². The van der Waals surface area contributed by atoms with E-state index < -0.39 is 5.82 Å². The van der Waals surface area contributed by atoms with E-state index >= 15 is 0 Å². The van der Waals surface area contributed by atoms with Crippen molar-refractivity contribution in [3.05, 3.63) is 70.0 Å². The first kappa shape index (κ1) is 20.7. The number of nitrogens with zero attached hydrogens (tertiary/aromatic N) is 3. The van der Waals surface area contributed by atoms with E-state index in [0.29, 0.717) is 24.4 Å². The zero-order valence-corrected chi connectivity index (χ0v) is 16.9. The number of rotatable bonds is 7. The van der Waals surface area contributed by atoms with E-state index in [2.05, 4.69) is 16.9 Å². The van der Waals surface area contributed by atoms with E-state index in [1.165, 1.54) is 18.2 Å². The summed E-state index contributed by atoms with van der Waals surface area (Å²) in [6.07, 6.45) is 0.841. The molecule has 1 heterocycles. The standard InChI is InChI=1S/C22H25FN4O2/c1-4-15-8-6-7-9-19(15)26(3)21(28)14-27(5-2)13-20-24-18-11-10-16(23)12-17(18)22(29)25-20/h6-12H,4-5,13-14H2,1-3H3,(H,24,25,29). The number of aromatic amines is 1. The maximum absolute atomic E-state index is 13.4. The molecule has 0 spiro atoms. The van der Waals surface area contributed by atoms with Gasteiger partial charge in [-0.1, -0.05) is 32.0 Å². The maximum Gasteiger partial charge on any atom is 0.258 e. The van der Waals surface area contributed by atoms with Crippen LogP contribution in [0.1, 0.15) is 25.2 Å². The Morgan fingerprint density at radius 3 is 2.66 bits per heavy atom. The second-order valence-electron chi connectivity index (χ2n) is 6.91. The quantitative estimate of drug-likeness (QED) is 0.666. The Hall–Kier alpha value is -3.06. The summed E-state index contributed by atoms with van der Waals surface area (Å²) < 4.78 is 13.4. The molecule has 0 fully saturated rings. The van der Waals surface area contributed by atoms with Gasteiger partial charge in [0.05, 0.1) is 24.0 Å². The Morgan fingerprint density at radius 2 is 1.93 bits per heavy atom. The molecular weight excluding hydrogens is 371 g/mol. The van der Waals surface area contributed by atoms with Gasteiger partial charge in [0.2, 0.25) is 5.91 Å². The Kier molecular flexibility index (Phi) is 6.39. The van der Waals surface area contributed by atoms with Crippen molar-refractivity contribution in [3.63, 3.8) is 0 Å². The van der Waals surface area contributed by atoms with Crippen LogP contribution in [0.25, 0.3) is 10.9 Å². The van der Waals surface area contributed by atoms with Gasteiger partial charge in [0.15, 0.2) is 0 Å². The van der Waals surface area contributed by atoms with Gasteiger partial charge in [-0.25, -0.2) is 9.37 Å². The first-order valence-electron chi connectivity index (χ1n) is 9.68. The molecule has 0 aliphatic carbocycles. The summed E-state index contributed by atoms with van der Waals surface area (Å²) in [4.78, 5) is 35.8. The van der Waals surface area contributed by atoms with Gasteiger partial charge in [-0.2, -0.15) is 0 Å². The summed E-state index contributed by atoms with van der Waals surface area (Å²) in [5.74, 6) is -0.0768. The van der Waals surface area contributed by atoms with Crippen LogP contribution in [-0.2, 0) is 17.8 Å². The van der Waals surface area contributed by atoms with E-state index in [9.17, 15) is 14.0 Å². The lowest BCUT2D eigenvalue weighted by atomic mass is 10.1. The number of fused-ring (bicyclic) bond motifs is 1. The van der Waals surface area contributed by atoms with Crippen LogP contribution in [-0.4, -0.2) is 40.9 Å². The van der Waals surface area contributed by atoms with Crippen molar-refractivity contribution in [2.75, 3.05) is 25.0 Å². The molecule has 0 aliphatic rings. The predicted molar refractivity (Wildman–Crippen MR) is 113 cm³/mol. The molecule has 0 saturated heterocycles. The zero-order chi connectivity index (χ0) is 21.0. The summed E-state index contributed by atoms with van der Waals surface area (Å²) in [6, 6.07) is 11.8. The molecule has 2 aromatic carbocycles. The lowest BCUT2D eigenvalue weighted by molar-refractivity contribution is -0.119. The van der Waals surface area contributed by atoms with Gasteiger partial charge in [-0.05, 0) is 42.8 Å². The van der Waals surface area contributed by atoms with Crippen molar-refractivity contribution >= 4 is 22.5 Å². The predicted octanol–water partition coefficient (Wildman–Crippen LogP) is 3.11. The first-order chi connectivity index (χ1) is 13.9. The number of anilines is 1. The number of halogens is 1. The molecule has 29 heavy (non-hydrogen) atoms. The molecule has 1 aromatic heterocycles. The molecule has 1 N–H and O–H groups in total. The molecule has 0 radical (unpaired) electrons. The molecule has 0 unspecified atom stereocenters. The second-order valence-corrected chi connectivity index (χ2v) is 6.91. The zero-order valence-electron chi connectivity index (χ0n) is 16.9. The summed E-state index contributed by atoms with van der Waals surface area (Å²) in [6.45, 7) is 5.12. The Labute approximate surface area is 169 Å². The number of likely N-dealkylation sites (N-methyl/N-ethyl adjacent to an activating group) is 2. The van der Waals surface area contributed by atoms with Gasteiger partial charge in [0, 0.05) is 12.7 Å². The average Bonchev–Trinajstić information content (AvgIpc) is 2.73. The molecule has 0 atom stereocenters. The molecule has 0 aliphatic heterocycles. The van der Waals surface area contributed by atoms with Gasteiger partial charge in [-0.15, -0.1) is 0 Å². The number of para-hydroxylation sites is 1. The largest absolute Gasteiger partial charge is 0.314 e. The minimum absolute atomic E-state index is 0.0436. The summed E-state index contributed by atoms with van der Waals surface area (Å²) in [5.41, 5.74) is 2.05.